The number of aliphatic carboxylic acids is 1. The number of aromatic nitrogens is 1. The van der Waals surface area contributed by atoms with E-state index in [0.29, 0.717) is 24.2 Å². The molecular weight excluding hydrogens is 451 g/mol. The Labute approximate surface area is 204 Å². The minimum Gasteiger partial charge on any atom is -0.497 e. The van der Waals surface area contributed by atoms with E-state index in [0.717, 1.165) is 49.8 Å². The van der Waals surface area contributed by atoms with Crippen LogP contribution in [-0.2, 0) is 11.2 Å². The van der Waals surface area contributed by atoms with Crippen LogP contribution >= 0.6 is 11.3 Å². The van der Waals surface area contributed by atoms with Crippen molar-refractivity contribution in [2.45, 2.75) is 44.7 Å². The van der Waals surface area contributed by atoms with E-state index < -0.39 is 12.1 Å². The molecule has 3 atom stereocenters. The number of carboxylic acid groups (broad SMARTS) is 1. The number of methoxy groups -OCH3 is 1. The lowest BCUT2D eigenvalue weighted by Crippen LogP contribution is -2.42. The quantitative estimate of drug-likeness (QED) is 0.354. The minimum atomic E-state index is -1.12. The molecule has 0 unspecified atom stereocenters. The first kappa shape index (κ1) is 24.6. The summed E-state index contributed by atoms with van der Waals surface area (Å²) in [5.74, 6) is 0.208. The zero-order valence-electron chi connectivity index (χ0n) is 19.7. The van der Waals surface area contributed by atoms with Gasteiger partial charge in [-0.05, 0) is 109 Å². The third kappa shape index (κ3) is 6.33. The number of aryl methyl sites for hydroxylation is 1. The Kier molecular flexibility index (Phi) is 8.51. The average Bonchev–Trinajstić information content (AvgIpc) is 3.36. The summed E-state index contributed by atoms with van der Waals surface area (Å²) in [6.07, 6.45) is 4.81. The summed E-state index contributed by atoms with van der Waals surface area (Å²) in [6, 6.07) is 9.43. The van der Waals surface area contributed by atoms with Crippen molar-refractivity contribution in [2.75, 3.05) is 26.7 Å². The van der Waals surface area contributed by atoms with Gasteiger partial charge in [-0.25, -0.2) is 4.39 Å². The van der Waals surface area contributed by atoms with Crippen LogP contribution < -0.4 is 4.74 Å². The maximum atomic E-state index is 15.4. The lowest BCUT2D eigenvalue weighted by molar-refractivity contribution is -0.139. The molecule has 182 valence electrons. The molecule has 0 spiro atoms. The Morgan fingerprint density at radius 3 is 2.97 bits per heavy atom. The van der Waals surface area contributed by atoms with E-state index in [1.54, 1.807) is 30.7 Å². The number of halogens is 1. The number of piperidine rings is 1. The highest BCUT2D eigenvalue weighted by Gasteiger charge is 2.31. The summed E-state index contributed by atoms with van der Waals surface area (Å²) in [6.45, 7) is 2.72. The van der Waals surface area contributed by atoms with Gasteiger partial charge in [0, 0.05) is 24.5 Å². The monoisotopic (exact) mass is 484 g/mol. The predicted octanol–water partition coefficient (Wildman–Crippen LogP) is 6.14. The first-order chi connectivity index (χ1) is 16.5. The van der Waals surface area contributed by atoms with E-state index in [1.165, 1.54) is 5.56 Å². The third-order valence-corrected chi connectivity index (χ3v) is 7.78. The fourth-order valence-electron chi connectivity index (χ4n) is 5.20. The third-order valence-electron chi connectivity index (χ3n) is 7.04. The van der Waals surface area contributed by atoms with Gasteiger partial charge in [-0.1, -0.05) is 0 Å². The lowest BCUT2D eigenvalue weighted by Gasteiger charge is -2.38. The van der Waals surface area contributed by atoms with E-state index in [2.05, 4.69) is 26.7 Å². The number of fused-ring (bicyclic) bond motifs is 1. The zero-order valence-corrected chi connectivity index (χ0v) is 20.5. The molecule has 34 heavy (non-hydrogen) atoms. The molecule has 0 saturated carbocycles. The number of alkyl halides is 1. The number of carboxylic acids is 1. The molecule has 5 nitrogen and oxygen atoms in total. The molecule has 1 aromatic carbocycles. The van der Waals surface area contributed by atoms with Crippen molar-refractivity contribution in [2.24, 2.45) is 11.8 Å². The maximum Gasteiger partial charge on any atom is 0.303 e. The van der Waals surface area contributed by atoms with Crippen LogP contribution in [0.25, 0.3) is 10.9 Å². The van der Waals surface area contributed by atoms with Gasteiger partial charge in [-0.2, -0.15) is 11.3 Å². The normalized spacial score (nSPS) is 19.8. The van der Waals surface area contributed by atoms with Crippen LogP contribution in [0.4, 0.5) is 4.39 Å². The van der Waals surface area contributed by atoms with Gasteiger partial charge in [0.2, 0.25) is 0 Å². The second-order valence-corrected chi connectivity index (χ2v) is 10.1. The Morgan fingerprint density at radius 1 is 1.32 bits per heavy atom. The van der Waals surface area contributed by atoms with Gasteiger partial charge in [-0.3, -0.25) is 9.78 Å². The van der Waals surface area contributed by atoms with Crippen LogP contribution in [0.2, 0.25) is 0 Å². The van der Waals surface area contributed by atoms with Crippen molar-refractivity contribution < 1.29 is 19.0 Å². The molecule has 3 aromatic rings. The SMILES string of the molecule is COc1ccc2nccc([C@@H](F)CC[C@@H]3CCN(CCCc4ccsc4)C[C@@H]3CC(=O)O)c2c1. The minimum absolute atomic E-state index is 0.0638. The van der Waals surface area contributed by atoms with Gasteiger partial charge in [0.1, 0.15) is 11.9 Å². The van der Waals surface area contributed by atoms with Crippen LogP contribution in [0.15, 0.2) is 47.3 Å². The standard InChI is InChI=1S/C27H33FN2O3S/c1-33-22-5-7-26-24(16-22)23(8-11-29-26)25(28)6-4-20-9-13-30(17-21(20)15-27(31)32)12-2-3-19-10-14-34-18-19/h5,7-8,10-11,14,16,18,20-21,25H,2-4,6,9,12-13,15,17H2,1H3,(H,31,32)/t20-,21+,25+/m1/s1. The zero-order chi connectivity index (χ0) is 23.9. The fourth-order valence-corrected chi connectivity index (χ4v) is 5.90. The molecule has 1 fully saturated rings. The van der Waals surface area contributed by atoms with Crippen molar-refractivity contribution >= 4 is 28.2 Å². The lowest BCUT2D eigenvalue weighted by atomic mass is 9.79. The molecule has 1 saturated heterocycles. The van der Waals surface area contributed by atoms with E-state index in [-0.39, 0.29) is 18.3 Å². The topological polar surface area (TPSA) is 62.7 Å². The molecule has 1 N–H and O–H groups in total. The summed E-state index contributed by atoms with van der Waals surface area (Å²) in [7, 11) is 1.60. The summed E-state index contributed by atoms with van der Waals surface area (Å²) >= 11 is 1.72. The molecule has 2 aromatic heterocycles. The van der Waals surface area contributed by atoms with Crippen molar-refractivity contribution in [3.8, 4) is 5.75 Å². The molecule has 1 aliphatic rings. The number of rotatable bonds is 11. The molecule has 0 bridgehead atoms. The molecule has 0 amide bonds. The summed E-state index contributed by atoms with van der Waals surface area (Å²) in [4.78, 5) is 18.3. The number of thiophene rings is 1. The smallest absolute Gasteiger partial charge is 0.303 e. The van der Waals surface area contributed by atoms with Crippen LogP contribution in [0.1, 0.15) is 49.4 Å². The van der Waals surface area contributed by atoms with Gasteiger partial charge >= 0.3 is 5.97 Å². The van der Waals surface area contributed by atoms with Crippen LogP contribution in [0.5, 0.6) is 5.75 Å². The highest BCUT2D eigenvalue weighted by molar-refractivity contribution is 7.07. The number of pyridine rings is 1. The highest BCUT2D eigenvalue weighted by atomic mass is 32.1. The fraction of sp³-hybridized carbons (Fsp3) is 0.481. The Hall–Kier alpha value is -2.51. The summed E-state index contributed by atoms with van der Waals surface area (Å²) in [5, 5.41) is 14.6. The number of carbonyl (C=O) groups is 1. The number of likely N-dealkylation sites (tertiary alicyclic amines) is 1. The first-order valence-corrected chi connectivity index (χ1v) is 13.0. The van der Waals surface area contributed by atoms with Crippen LogP contribution in [0, 0.1) is 11.8 Å². The van der Waals surface area contributed by atoms with Crippen molar-refractivity contribution in [3.63, 3.8) is 0 Å². The average molecular weight is 485 g/mol. The summed E-state index contributed by atoms with van der Waals surface area (Å²) < 4.78 is 20.7. The van der Waals surface area contributed by atoms with E-state index in [4.69, 9.17) is 4.74 Å². The molecule has 3 heterocycles. The van der Waals surface area contributed by atoms with Crippen molar-refractivity contribution in [1.82, 2.24) is 9.88 Å². The first-order valence-electron chi connectivity index (χ1n) is 12.1. The number of hydrogen-bond donors (Lipinski definition) is 1. The van der Waals surface area contributed by atoms with Gasteiger partial charge in [0.15, 0.2) is 0 Å². The number of ether oxygens (including phenoxy) is 1. The van der Waals surface area contributed by atoms with Crippen LogP contribution in [-0.4, -0.2) is 47.7 Å². The maximum absolute atomic E-state index is 15.4. The highest BCUT2D eigenvalue weighted by Crippen LogP contribution is 2.36. The van der Waals surface area contributed by atoms with E-state index in [1.807, 2.05) is 18.2 Å². The molecule has 0 radical (unpaired) electrons. The predicted molar refractivity (Wildman–Crippen MR) is 134 cm³/mol. The van der Waals surface area contributed by atoms with Gasteiger partial charge < -0.3 is 14.7 Å². The molecule has 4 rings (SSSR count). The largest absolute Gasteiger partial charge is 0.497 e. The van der Waals surface area contributed by atoms with Crippen molar-refractivity contribution in [3.05, 3.63) is 58.4 Å². The second kappa shape index (κ2) is 11.8. The second-order valence-electron chi connectivity index (χ2n) is 9.27. The van der Waals surface area contributed by atoms with Crippen molar-refractivity contribution in [1.29, 1.82) is 0 Å². The Bertz CT molecular complexity index is 1070. The number of hydrogen-bond acceptors (Lipinski definition) is 5. The summed E-state index contributed by atoms with van der Waals surface area (Å²) in [5.41, 5.74) is 2.75. The molecular formula is C27H33FN2O3S. The van der Waals surface area contributed by atoms with E-state index >= 15 is 4.39 Å². The van der Waals surface area contributed by atoms with Gasteiger partial charge in [-0.15, -0.1) is 0 Å². The van der Waals surface area contributed by atoms with Crippen LogP contribution in [0.3, 0.4) is 0 Å². The van der Waals surface area contributed by atoms with Gasteiger partial charge in [0.05, 0.1) is 12.6 Å². The van der Waals surface area contributed by atoms with Gasteiger partial charge in [0.25, 0.3) is 0 Å². The molecule has 7 heteroatoms. The number of nitrogens with zero attached hydrogens (tertiary/aromatic N) is 2. The molecule has 0 aliphatic carbocycles. The van der Waals surface area contributed by atoms with E-state index in [9.17, 15) is 9.90 Å². The number of benzene rings is 1. The molecule has 1 aliphatic heterocycles. The Morgan fingerprint density at radius 2 is 2.21 bits per heavy atom. The Balaban J connectivity index is 1.35.